The van der Waals surface area contributed by atoms with Crippen molar-refractivity contribution in [1.82, 2.24) is 9.62 Å². The number of hydrogen-bond acceptors (Lipinski definition) is 4. The van der Waals surface area contributed by atoms with Crippen molar-refractivity contribution in [2.45, 2.75) is 23.9 Å². The number of sulfonamides is 1. The monoisotopic (exact) mass is 454 g/mol. The summed E-state index contributed by atoms with van der Waals surface area (Å²) in [4.78, 5) is 14.0. The van der Waals surface area contributed by atoms with Gasteiger partial charge in [-0.15, -0.1) is 0 Å². The van der Waals surface area contributed by atoms with Crippen molar-refractivity contribution < 1.29 is 22.5 Å². The molecule has 168 valence electrons. The number of nitrogens with zero attached hydrogens (tertiary/aromatic N) is 1. The third-order valence-corrected chi connectivity index (χ3v) is 7.76. The van der Waals surface area contributed by atoms with Gasteiger partial charge in [0, 0.05) is 18.7 Å². The maximum absolute atomic E-state index is 13.1. The Morgan fingerprint density at radius 1 is 1.06 bits per heavy atom. The van der Waals surface area contributed by atoms with E-state index in [1.54, 1.807) is 18.4 Å². The van der Waals surface area contributed by atoms with Crippen molar-refractivity contribution in [2.75, 3.05) is 27.2 Å². The van der Waals surface area contributed by atoms with Crippen LogP contribution in [0.2, 0.25) is 0 Å². The molecule has 2 aromatic carbocycles. The van der Waals surface area contributed by atoms with Crippen LogP contribution in [0.1, 0.15) is 33.3 Å². The lowest BCUT2D eigenvalue weighted by Crippen LogP contribution is -3.07. The summed E-state index contributed by atoms with van der Waals surface area (Å²) in [7, 11) is 0.368. The number of quaternary nitrogens is 1. The van der Waals surface area contributed by atoms with Gasteiger partial charge in [-0.25, -0.2) is 8.42 Å². The van der Waals surface area contributed by atoms with Gasteiger partial charge >= 0.3 is 0 Å². The van der Waals surface area contributed by atoms with Gasteiger partial charge in [0.2, 0.25) is 10.0 Å². The van der Waals surface area contributed by atoms with Gasteiger partial charge in [0.15, 0.2) is 11.8 Å². The smallest absolute Gasteiger partial charge is 0.251 e. The fourth-order valence-corrected chi connectivity index (χ4v) is 5.40. The Labute approximate surface area is 188 Å². The number of hydrogen-bond donors (Lipinski definition) is 2. The van der Waals surface area contributed by atoms with E-state index in [4.69, 9.17) is 4.42 Å². The van der Waals surface area contributed by atoms with Crippen molar-refractivity contribution in [1.29, 1.82) is 0 Å². The molecule has 1 amide bonds. The molecule has 1 atom stereocenters. The summed E-state index contributed by atoms with van der Waals surface area (Å²) >= 11 is 0. The van der Waals surface area contributed by atoms with Crippen LogP contribution in [0.5, 0.6) is 0 Å². The molecule has 0 radical (unpaired) electrons. The number of furan rings is 1. The van der Waals surface area contributed by atoms with E-state index in [1.165, 1.54) is 22.0 Å². The molecule has 3 aromatic rings. The van der Waals surface area contributed by atoms with Crippen LogP contribution in [0.3, 0.4) is 0 Å². The van der Waals surface area contributed by atoms with E-state index in [-0.39, 0.29) is 16.8 Å². The van der Waals surface area contributed by atoms with E-state index in [9.17, 15) is 13.2 Å². The molecular formula is C24H28N3O4S+. The number of nitrogens with one attached hydrogen (secondary N) is 2. The van der Waals surface area contributed by atoms with Gasteiger partial charge in [0.25, 0.3) is 5.91 Å². The predicted octanol–water partition coefficient (Wildman–Crippen LogP) is 1.64. The number of likely N-dealkylation sites (N-methyl/N-ethyl adjacent to an activating group) is 1. The molecule has 0 aliphatic carbocycles. The maximum Gasteiger partial charge on any atom is 0.251 e. The molecule has 2 N–H and O–H groups in total. The summed E-state index contributed by atoms with van der Waals surface area (Å²) in [5.41, 5.74) is 2.64. The molecule has 0 spiro atoms. The number of benzene rings is 2. The number of carbonyl (C=O) groups is 1. The second-order valence-corrected chi connectivity index (χ2v) is 10.2. The SMILES string of the molecule is C[NH+](C)[C@H](CNC(=O)c1ccc(S(=O)(=O)N2CCc3ccccc3C2)cc1)c1ccco1. The molecule has 4 rings (SSSR count). The first-order valence-corrected chi connectivity index (χ1v) is 12.1. The highest BCUT2D eigenvalue weighted by atomic mass is 32.2. The number of carbonyl (C=O) groups excluding carboxylic acids is 1. The van der Waals surface area contributed by atoms with E-state index in [2.05, 4.69) is 5.32 Å². The third kappa shape index (κ3) is 4.62. The van der Waals surface area contributed by atoms with Crippen LogP contribution in [-0.2, 0) is 23.0 Å². The Balaban J connectivity index is 1.43. The van der Waals surface area contributed by atoms with E-state index >= 15 is 0 Å². The Hall–Kier alpha value is -2.94. The largest absolute Gasteiger partial charge is 0.463 e. The van der Waals surface area contributed by atoms with Crippen LogP contribution in [0.25, 0.3) is 0 Å². The molecule has 1 aromatic heterocycles. The lowest BCUT2D eigenvalue weighted by atomic mass is 10.0. The van der Waals surface area contributed by atoms with Crippen LogP contribution in [-0.4, -0.2) is 45.8 Å². The van der Waals surface area contributed by atoms with Gasteiger partial charge in [0.1, 0.15) is 0 Å². The van der Waals surface area contributed by atoms with Crippen LogP contribution in [0.15, 0.2) is 76.2 Å². The fourth-order valence-electron chi connectivity index (χ4n) is 3.98. The molecule has 2 heterocycles. The number of amides is 1. The second kappa shape index (κ2) is 9.28. The molecule has 32 heavy (non-hydrogen) atoms. The fraction of sp³-hybridized carbons (Fsp3) is 0.292. The Bertz CT molecular complexity index is 1170. The molecule has 0 saturated heterocycles. The lowest BCUT2D eigenvalue weighted by molar-refractivity contribution is -0.891. The van der Waals surface area contributed by atoms with Crippen LogP contribution in [0, 0.1) is 0 Å². The molecule has 8 heteroatoms. The second-order valence-electron chi connectivity index (χ2n) is 8.24. The lowest BCUT2D eigenvalue weighted by Gasteiger charge is -2.28. The summed E-state index contributed by atoms with van der Waals surface area (Å²) in [5, 5.41) is 2.92. The van der Waals surface area contributed by atoms with Crippen LogP contribution in [0.4, 0.5) is 0 Å². The first-order chi connectivity index (χ1) is 15.4. The molecule has 0 bridgehead atoms. The molecule has 7 nitrogen and oxygen atoms in total. The Kier molecular flexibility index (Phi) is 6.45. The molecule has 0 saturated carbocycles. The van der Waals surface area contributed by atoms with Crippen LogP contribution >= 0.6 is 0 Å². The van der Waals surface area contributed by atoms with Crippen molar-refractivity contribution in [3.05, 3.63) is 89.4 Å². The molecule has 0 fully saturated rings. The predicted molar refractivity (Wildman–Crippen MR) is 121 cm³/mol. The minimum absolute atomic E-state index is 0.0180. The summed E-state index contributed by atoms with van der Waals surface area (Å²) in [6.45, 7) is 1.21. The standard InChI is InChI=1S/C24H27N3O4S/c1-26(2)22(23-8-5-15-31-23)16-25-24(28)19-9-11-21(12-10-19)32(29,30)27-14-13-18-6-3-4-7-20(18)17-27/h3-12,15,22H,13-14,16-17H2,1-2H3,(H,25,28)/p+1/t22-/m1/s1. The van der Waals surface area contributed by atoms with E-state index in [0.29, 0.717) is 31.6 Å². The van der Waals surface area contributed by atoms with Crippen LogP contribution < -0.4 is 10.2 Å². The molecule has 0 unspecified atom stereocenters. The maximum atomic E-state index is 13.1. The third-order valence-electron chi connectivity index (χ3n) is 5.90. The normalized spacial score (nSPS) is 15.3. The minimum atomic E-state index is -3.63. The Morgan fingerprint density at radius 2 is 1.78 bits per heavy atom. The highest BCUT2D eigenvalue weighted by molar-refractivity contribution is 7.89. The van der Waals surface area contributed by atoms with Crippen molar-refractivity contribution >= 4 is 15.9 Å². The summed E-state index contributed by atoms with van der Waals surface area (Å²) in [6, 6.07) is 17.7. The van der Waals surface area contributed by atoms with Gasteiger partial charge in [-0.1, -0.05) is 24.3 Å². The molecule has 1 aliphatic rings. The first kappa shape index (κ1) is 22.3. The first-order valence-electron chi connectivity index (χ1n) is 10.6. The van der Waals surface area contributed by atoms with E-state index in [0.717, 1.165) is 16.2 Å². The van der Waals surface area contributed by atoms with Crippen molar-refractivity contribution in [2.24, 2.45) is 0 Å². The highest BCUT2D eigenvalue weighted by Gasteiger charge is 2.28. The average Bonchev–Trinajstić information content (AvgIpc) is 3.33. The molecular weight excluding hydrogens is 426 g/mol. The van der Waals surface area contributed by atoms with E-state index < -0.39 is 10.0 Å². The zero-order valence-electron chi connectivity index (χ0n) is 18.2. The zero-order valence-corrected chi connectivity index (χ0v) is 19.1. The number of fused-ring (bicyclic) bond motifs is 1. The van der Waals surface area contributed by atoms with Gasteiger partial charge in [0.05, 0.1) is 31.8 Å². The number of rotatable bonds is 7. The summed E-state index contributed by atoms with van der Waals surface area (Å²) in [5.74, 6) is 0.550. The molecule has 1 aliphatic heterocycles. The van der Waals surface area contributed by atoms with Crippen molar-refractivity contribution in [3.63, 3.8) is 0 Å². The highest BCUT2D eigenvalue weighted by Crippen LogP contribution is 2.25. The quantitative estimate of drug-likeness (QED) is 0.569. The minimum Gasteiger partial charge on any atom is -0.463 e. The van der Waals surface area contributed by atoms with Crippen molar-refractivity contribution in [3.8, 4) is 0 Å². The topological polar surface area (TPSA) is 84.1 Å². The van der Waals surface area contributed by atoms with E-state index in [1.807, 2.05) is 50.5 Å². The Morgan fingerprint density at radius 3 is 2.44 bits per heavy atom. The average molecular weight is 455 g/mol. The van der Waals surface area contributed by atoms with Gasteiger partial charge in [-0.05, 0) is 53.9 Å². The van der Waals surface area contributed by atoms with Gasteiger partial charge in [-0.2, -0.15) is 4.31 Å². The van der Waals surface area contributed by atoms with Gasteiger partial charge < -0.3 is 14.6 Å². The summed E-state index contributed by atoms with van der Waals surface area (Å²) < 4.78 is 33.2. The summed E-state index contributed by atoms with van der Waals surface area (Å²) in [6.07, 6.45) is 2.31. The van der Waals surface area contributed by atoms with Gasteiger partial charge in [-0.3, -0.25) is 4.79 Å². The zero-order chi connectivity index (χ0) is 22.7.